The van der Waals surface area contributed by atoms with E-state index < -0.39 is 41.2 Å². The van der Waals surface area contributed by atoms with Crippen LogP contribution >= 0.6 is 11.6 Å². The van der Waals surface area contributed by atoms with Crippen molar-refractivity contribution in [3.05, 3.63) is 23.8 Å². The molecule has 20 heavy (non-hydrogen) atoms. The van der Waals surface area contributed by atoms with E-state index in [0.29, 0.717) is 0 Å². The summed E-state index contributed by atoms with van der Waals surface area (Å²) in [6, 6.07) is 2.87. The fourth-order valence-electron chi connectivity index (χ4n) is 1.33. The highest BCUT2D eigenvalue weighted by Crippen LogP contribution is 2.37. The molecule has 1 atom stereocenters. The molecule has 0 aliphatic carbocycles. The smallest absolute Gasteiger partial charge is 0.431 e. The molecular formula is C11H8ClF5O3. The van der Waals surface area contributed by atoms with Gasteiger partial charge in [0, 0.05) is 0 Å². The second kappa shape index (κ2) is 6.25. The van der Waals surface area contributed by atoms with E-state index in [9.17, 15) is 26.7 Å². The number of Topliss-reactive ketones (excluding diaryl/α,β-unsaturated/α-hetero) is 1. The van der Waals surface area contributed by atoms with E-state index in [4.69, 9.17) is 11.6 Å². The van der Waals surface area contributed by atoms with Gasteiger partial charge in [-0.3, -0.25) is 4.79 Å². The van der Waals surface area contributed by atoms with Crippen LogP contribution in [0.2, 0.25) is 0 Å². The molecule has 0 aromatic heterocycles. The van der Waals surface area contributed by atoms with Crippen molar-refractivity contribution in [2.24, 2.45) is 0 Å². The summed E-state index contributed by atoms with van der Waals surface area (Å²) in [5.74, 6) is -2.95. The fraction of sp³-hybridized carbons (Fsp3) is 0.364. The van der Waals surface area contributed by atoms with E-state index in [1.165, 1.54) is 6.92 Å². The normalized spacial score (nSPS) is 13.2. The molecule has 0 fully saturated rings. The van der Waals surface area contributed by atoms with Crippen LogP contribution in [0.3, 0.4) is 0 Å². The first-order chi connectivity index (χ1) is 9.11. The van der Waals surface area contributed by atoms with E-state index in [0.717, 1.165) is 18.2 Å². The Labute approximate surface area is 115 Å². The van der Waals surface area contributed by atoms with E-state index in [1.807, 2.05) is 0 Å². The summed E-state index contributed by atoms with van der Waals surface area (Å²) in [5.41, 5.74) is -0.594. The van der Waals surface area contributed by atoms with Gasteiger partial charge in [-0.1, -0.05) is 6.07 Å². The SMILES string of the molecule is CC(Cl)C(=O)c1cccc(OC(F)F)c1OC(F)(F)F. The lowest BCUT2D eigenvalue weighted by Gasteiger charge is -2.17. The lowest BCUT2D eigenvalue weighted by Crippen LogP contribution is -2.21. The molecule has 0 N–H and O–H groups in total. The molecule has 1 aromatic rings. The molecule has 0 spiro atoms. The largest absolute Gasteiger partial charge is 0.573 e. The third kappa shape index (κ3) is 4.52. The number of alkyl halides is 6. The summed E-state index contributed by atoms with van der Waals surface area (Å²) in [6.45, 7) is -2.15. The highest BCUT2D eigenvalue weighted by molar-refractivity contribution is 6.34. The molecule has 0 heterocycles. The van der Waals surface area contributed by atoms with Gasteiger partial charge in [0.05, 0.1) is 10.9 Å². The van der Waals surface area contributed by atoms with Crippen molar-refractivity contribution in [1.29, 1.82) is 0 Å². The molecule has 0 bridgehead atoms. The van der Waals surface area contributed by atoms with Crippen molar-refractivity contribution in [2.75, 3.05) is 0 Å². The minimum atomic E-state index is -5.17. The van der Waals surface area contributed by atoms with Crippen molar-refractivity contribution >= 4 is 17.4 Å². The van der Waals surface area contributed by atoms with Gasteiger partial charge < -0.3 is 9.47 Å². The Morgan fingerprint density at radius 1 is 1.30 bits per heavy atom. The number of ketones is 1. The van der Waals surface area contributed by atoms with Gasteiger partial charge in [-0.05, 0) is 19.1 Å². The number of para-hydroxylation sites is 1. The molecule has 3 nitrogen and oxygen atoms in total. The molecule has 0 saturated carbocycles. The maximum absolute atomic E-state index is 12.3. The summed E-state index contributed by atoms with van der Waals surface area (Å²) < 4.78 is 68.7. The summed E-state index contributed by atoms with van der Waals surface area (Å²) in [7, 11) is 0. The first kappa shape index (κ1) is 16.5. The van der Waals surface area contributed by atoms with Gasteiger partial charge in [-0.2, -0.15) is 8.78 Å². The van der Waals surface area contributed by atoms with Gasteiger partial charge in [0.1, 0.15) is 0 Å². The standard InChI is InChI=1S/C11H8ClF5O3/c1-5(12)8(18)6-3-2-4-7(19-10(13)14)9(6)20-11(15,16)17/h2-5,10H,1H3. The van der Waals surface area contributed by atoms with Crippen LogP contribution in [0.1, 0.15) is 17.3 Å². The monoisotopic (exact) mass is 318 g/mol. The predicted octanol–water partition coefficient (Wildman–Crippen LogP) is 4.00. The quantitative estimate of drug-likeness (QED) is 0.468. The third-order valence-electron chi connectivity index (χ3n) is 2.04. The molecule has 112 valence electrons. The molecule has 0 radical (unpaired) electrons. The van der Waals surface area contributed by atoms with Crippen LogP contribution in [0.15, 0.2) is 18.2 Å². The number of hydrogen-bond donors (Lipinski definition) is 0. The lowest BCUT2D eigenvalue weighted by atomic mass is 10.1. The molecule has 0 amide bonds. The second-order valence-electron chi connectivity index (χ2n) is 3.54. The second-order valence-corrected chi connectivity index (χ2v) is 4.19. The molecule has 1 unspecified atom stereocenters. The van der Waals surface area contributed by atoms with Crippen molar-refractivity contribution < 1.29 is 36.2 Å². The zero-order valence-electron chi connectivity index (χ0n) is 9.88. The minimum Gasteiger partial charge on any atom is -0.431 e. The number of rotatable bonds is 5. The highest BCUT2D eigenvalue weighted by atomic mass is 35.5. The Bertz CT molecular complexity index is 487. The van der Waals surface area contributed by atoms with Crippen molar-refractivity contribution in [2.45, 2.75) is 25.3 Å². The van der Waals surface area contributed by atoms with Crippen LogP contribution in [-0.2, 0) is 0 Å². The minimum absolute atomic E-state index is 0.594. The van der Waals surface area contributed by atoms with Gasteiger partial charge in [0.15, 0.2) is 17.3 Å². The molecule has 1 rings (SSSR count). The molecule has 0 saturated heterocycles. The van der Waals surface area contributed by atoms with Crippen molar-refractivity contribution in [1.82, 2.24) is 0 Å². The Balaban J connectivity index is 3.32. The summed E-state index contributed by atoms with van der Waals surface area (Å²) in [6.07, 6.45) is -5.17. The zero-order valence-corrected chi connectivity index (χ0v) is 10.6. The molecule has 1 aromatic carbocycles. The molecule has 9 heteroatoms. The van der Waals surface area contributed by atoms with Crippen LogP contribution in [0.25, 0.3) is 0 Å². The van der Waals surface area contributed by atoms with Gasteiger partial charge >= 0.3 is 13.0 Å². The number of carbonyl (C=O) groups is 1. The third-order valence-corrected chi connectivity index (χ3v) is 2.24. The van der Waals surface area contributed by atoms with E-state index in [-0.39, 0.29) is 0 Å². The number of benzene rings is 1. The first-order valence-corrected chi connectivity index (χ1v) is 5.57. The van der Waals surface area contributed by atoms with Gasteiger partial charge in [-0.15, -0.1) is 24.8 Å². The van der Waals surface area contributed by atoms with Crippen molar-refractivity contribution in [3.8, 4) is 11.5 Å². The fourth-order valence-corrected chi connectivity index (χ4v) is 1.45. The Morgan fingerprint density at radius 2 is 1.90 bits per heavy atom. The Kier molecular flexibility index (Phi) is 5.15. The molecule has 0 aliphatic rings. The highest BCUT2D eigenvalue weighted by Gasteiger charge is 2.35. The Hall–Kier alpha value is -1.57. The topological polar surface area (TPSA) is 35.5 Å². The van der Waals surface area contributed by atoms with E-state index in [1.54, 1.807) is 0 Å². The number of carbonyl (C=O) groups excluding carboxylic acids is 1. The van der Waals surface area contributed by atoms with Crippen LogP contribution in [0.4, 0.5) is 22.0 Å². The summed E-state index contributed by atoms with van der Waals surface area (Å²) in [4.78, 5) is 11.7. The summed E-state index contributed by atoms with van der Waals surface area (Å²) >= 11 is 5.49. The molecular weight excluding hydrogens is 311 g/mol. The van der Waals surface area contributed by atoms with Crippen molar-refractivity contribution in [3.63, 3.8) is 0 Å². The Morgan fingerprint density at radius 3 is 2.35 bits per heavy atom. The van der Waals surface area contributed by atoms with Crippen LogP contribution in [0.5, 0.6) is 11.5 Å². The average Bonchev–Trinajstić information content (AvgIpc) is 2.27. The van der Waals surface area contributed by atoms with Gasteiger partial charge in [-0.25, -0.2) is 0 Å². The van der Waals surface area contributed by atoms with E-state index >= 15 is 0 Å². The first-order valence-electron chi connectivity index (χ1n) is 5.13. The number of hydrogen-bond acceptors (Lipinski definition) is 3. The van der Waals surface area contributed by atoms with Crippen LogP contribution in [0, 0.1) is 0 Å². The average molecular weight is 319 g/mol. The van der Waals surface area contributed by atoms with Crippen LogP contribution < -0.4 is 9.47 Å². The molecule has 0 aliphatic heterocycles. The number of ether oxygens (including phenoxy) is 2. The lowest BCUT2D eigenvalue weighted by molar-refractivity contribution is -0.275. The van der Waals surface area contributed by atoms with E-state index in [2.05, 4.69) is 9.47 Å². The van der Waals surface area contributed by atoms with Gasteiger partial charge in [0.2, 0.25) is 0 Å². The van der Waals surface area contributed by atoms with Gasteiger partial charge in [0.25, 0.3) is 0 Å². The number of halogens is 6. The zero-order chi connectivity index (χ0) is 15.5. The predicted molar refractivity (Wildman–Crippen MR) is 59.4 cm³/mol. The summed E-state index contributed by atoms with van der Waals surface area (Å²) in [5, 5.41) is -1.16. The van der Waals surface area contributed by atoms with Crippen LogP contribution in [-0.4, -0.2) is 24.1 Å². The maximum Gasteiger partial charge on any atom is 0.573 e. The maximum atomic E-state index is 12.3.